The molecule has 1 aliphatic rings. The predicted octanol–water partition coefficient (Wildman–Crippen LogP) is 5.02. The molecule has 0 saturated carbocycles. The molecule has 2 aromatic heterocycles. The molecule has 0 saturated heterocycles. The molecule has 0 spiro atoms. The zero-order valence-corrected chi connectivity index (χ0v) is 17.8. The zero-order chi connectivity index (χ0) is 21.5. The molecule has 1 amide bonds. The molecule has 0 fully saturated rings. The van der Waals surface area contributed by atoms with Gasteiger partial charge in [-0.15, -0.1) is 0 Å². The number of benzene rings is 1. The van der Waals surface area contributed by atoms with Crippen molar-refractivity contribution in [2.24, 2.45) is 11.3 Å². The van der Waals surface area contributed by atoms with E-state index in [4.69, 9.17) is 4.52 Å². The standard InChI is InChI=1S/C23H27FN4O2/c1-14(15-5-8-17(24)9-6-15)28-13-18(12-25-28)26-22(29)21-19-11-16(23(2,3)4)7-10-20(19)30-27-21/h5-6,8-9,12-14,16H,7,10-11H2,1-4H3,(H,26,29). The van der Waals surface area contributed by atoms with E-state index in [1.807, 2.05) is 6.92 Å². The molecule has 2 unspecified atom stereocenters. The van der Waals surface area contributed by atoms with Crippen LogP contribution < -0.4 is 5.32 Å². The molecular formula is C23H27FN4O2. The molecule has 1 N–H and O–H groups in total. The van der Waals surface area contributed by atoms with Gasteiger partial charge in [-0.05, 0) is 48.8 Å². The lowest BCUT2D eigenvalue weighted by Gasteiger charge is -2.33. The number of aryl methyl sites for hydroxylation is 1. The van der Waals surface area contributed by atoms with Crippen LogP contribution in [0.15, 0.2) is 41.2 Å². The minimum absolute atomic E-state index is 0.0939. The number of amides is 1. The fourth-order valence-corrected chi connectivity index (χ4v) is 4.02. The van der Waals surface area contributed by atoms with Crippen LogP contribution in [0.3, 0.4) is 0 Å². The van der Waals surface area contributed by atoms with Crippen LogP contribution in [0.4, 0.5) is 10.1 Å². The first-order valence-corrected chi connectivity index (χ1v) is 10.3. The molecule has 1 aliphatic carbocycles. The van der Waals surface area contributed by atoms with E-state index in [2.05, 4.69) is 36.3 Å². The second-order valence-electron chi connectivity index (χ2n) is 9.13. The Morgan fingerprint density at radius 3 is 2.73 bits per heavy atom. The molecule has 4 rings (SSSR count). The van der Waals surface area contributed by atoms with Crippen molar-refractivity contribution in [3.05, 3.63) is 65.1 Å². The monoisotopic (exact) mass is 410 g/mol. The van der Waals surface area contributed by atoms with E-state index in [1.54, 1.807) is 29.2 Å². The number of carbonyl (C=O) groups is 1. The maximum absolute atomic E-state index is 13.2. The topological polar surface area (TPSA) is 73.0 Å². The summed E-state index contributed by atoms with van der Waals surface area (Å²) in [4.78, 5) is 12.9. The van der Waals surface area contributed by atoms with Crippen LogP contribution in [-0.4, -0.2) is 20.8 Å². The van der Waals surface area contributed by atoms with Crippen molar-refractivity contribution >= 4 is 11.6 Å². The normalized spacial score (nSPS) is 17.4. The summed E-state index contributed by atoms with van der Waals surface area (Å²) in [5.41, 5.74) is 2.95. The molecule has 1 aromatic carbocycles. The summed E-state index contributed by atoms with van der Waals surface area (Å²) in [6.07, 6.45) is 6.01. The second-order valence-corrected chi connectivity index (χ2v) is 9.13. The summed E-state index contributed by atoms with van der Waals surface area (Å²) in [6.45, 7) is 8.65. The number of aromatic nitrogens is 3. The number of hydrogen-bond donors (Lipinski definition) is 1. The Kier molecular flexibility index (Phi) is 5.22. The largest absolute Gasteiger partial charge is 0.360 e. The molecule has 2 heterocycles. The van der Waals surface area contributed by atoms with Crippen molar-refractivity contribution in [1.82, 2.24) is 14.9 Å². The molecule has 7 heteroatoms. The Hall–Kier alpha value is -2.96. The number of rotatable bonds is 4. The second kappa shape index (κ2) is 7.70. The molecule has 2 atom stereocenters. The van der Waals surface area contributed by atoms with Crippen LogP contribution >= 0.6 is 0 Å². The van der Waals surface area contributed by atoms with Gasteiger partial charge >= 0.3 is 0 Å². The van der Waals surface area contributed by atoms with Crippen LogP contribution in [0.25, 0.3) is 0 Å². The molecule has 6 nitrogen and oxygen atoms in total. The Morgan fingerprint density at radius 2 is 2.03 bits per heavy atom. The highest BCUT2D eigenvalue weighted by Gasteiger charge is 2.34. The van der Waals surface area contributed by atoms with Gasteiger partial charge in [0.2, 0.25) is 0 Å². The molecule has 3 aromatic rings. The van der Waals surface area contributed by atoms with Gasteiger partial charge in [-0.1, -0.05) is 38.1 Å². The van der Waals surface area contributed by atoms with Gasteiger partial charge in [0, 0.05) is 18.2 Å². The van der Waals surface area contributed by atoms with Gasteiger partial charge in [-0.2, -0.15) is 5.10 Å². The van der Waals surface area contributed by atoms with Gasteiger partial charge in [0.15, 0.2) is 5.69 Å². The van der Waals surface area contributed by atoms with Gasteiger partial charge < -0.3 is 9.84 Å². The Balaban J connectivity index is 1.48. The smallest absolute Gasteiger partial charge is 0.278 e. The number of hydrogen-bond acceptors (Lipinski definition) is 4. The van der Waals surface area contributed by atoms with E-state index in [0.717, 1.165) is 36.1 Å². The molecule has 0 radical (unpaired) electrons. The minimum Gasteiger partial charge on any atom is -0.360 e. The van der Waals surface area contributed by atoms with E-state index in [1.165, 1.54) is 12.1 Å². The van der Waals surface area contributed by atoms with Gasteiger partial charge in [0.05, 0.1) is 17.9 Å². The van der Waals surface area contributed by atoms with E-state index >= 15 is 0 Å². The fourth-order valence-electron chi connectivity index (χ4n) is 4.02. The van der Waals surface area contributed by atoms with Crippen molar-refractivity contribution in [3.8, 4) is 0 Å². The molecule has 30 heavy (non-hydrogen) atoms. The first-order chi connectivity index (χ1) is 14.2. The van der Waals surface area contributed by atoms with Gasteiger partial charge in [0.1, 0.15) is 11.6 Å². The zero-order valence-electron chi connectivity index (χ0n) is 17.8. The first kappa shape index (κ1) is 20.3. The van der Waals surface area contributed by atoms with Crippen LogP contribution in [0, 0.1) is 17.2 Å². The minimum atomic E-state index is -0.288. The Labute approximate surface area is 175 Å². The van der Waals surface area contributed by atoms with Gasteiger partial charge in [-0.25, -0.2) is 4.39 Å². The summed E-state index contributed by atoms with van der Waals surface area (Å²) in [5, 5.41) is 11.3. The summed E-state index contributed by atoms with van der Waals surface area (Å²) in [6, 6.07) is 6.22. The summed E-state index contributed by atoms with van der Waals surface area (Å²) >= 11 is 0. The lowest BCUT2D eigenvalue weighted by Crippen LogP contribution is -2.27. The van der Waals surface area contributed by atoms with E-state index in [9.17, 15) is 9.18 Å². The number of fused-ring (bicyclic) bond motifs is 1. The van der Waals surface area contributed by atoms with Crippen molar-refractivity contribution in [2.45, 2.75) is 53.0 Å². The number of nitrogens with one attached hydrogen (secondary N) is 1. The fraction of sp³-hybridized carbons (Fsp3) is 0.435. The highest BCUT2D eigenvalue weighted by atomic mass is 19.1. The lowest BCUT2D eigenvalue weighted by atomic mass is 9.71. The van der Waals surface area contributed by atoms with E-state index < -0.39 is 0 Å². The number of anilines is 1. The third kappa shape index (κ3) is 4.01. The molecule has 158 valence electrons. The maximum atomic E-state index is 13.2. The van der Waals surface area contributed by atoms with Crippen LogP contribution in [-0.2, 0) is 12.8 Å². The van der Waals surface area contributed by atoms with Crippen molar-refractivity contribution in [3.63, 3.8) is 0 Å². The molecular weight excluding hydrogens is 383 g/mol. The summed E-state index contributed by atoms with van der Waals surface area (Å²) in [5.74, 6) is 0.740. The number of halogens is 1. The van der Waals surface area contributed by atoms with Crippen molar-refractivity contribution < 1.29 is 13.7 Å². The molecule has 0 aliphatic heterocycles. The lowest BCUT2D eigenvalue weighted by molar-refractivity contribution is 0.101. The first-order valence-electron chi connectivity index (χ1n) is 10.3. The van der Waals surface area contributed by atoms with E-state index in [0.29, 0.717) is 17.3 Å². The number of nitrogens with zero attached hydrogens (tertiary/aromatic N) is 3. The third-order valence-corrected chi connectivity index (χ3v) is 6.09. The highest BCUT2D eigenvalue weighted by Crippen LogP contribution is 2.38. The summed E-state index contributed by atoms with van der Waals surface area (Å²) in [7, 11) is 0. The highest BCUT2D eigenvalue weighted by molar-refractivity contribution is 6.03. The van der Waals surface area contributed by atoms with Crippen LogP contribution in [0.1, 0.15) is 67.5 Å². The molecule has 0 bridgehead atoms. The number of carbonyl (C=O) groups excluding carboxylic acids is 1. The SMILES string of the molecule is CC(c1ccc(F)cc1)n1cc(NC(=O)c2noc3c2CC(C(C)(C)C)CC3)cn1. The van der Waals surface area contributed by atoms with Gasteiger partial charge in [-0.3, -0.25) is 9.48 Å². The van der Waals surface area contributed by atoms with Crippen LogP contribution in [0.5, 0.6) is 0 Å². The van der Waals surface area contributed by atoms with Crippen LogP contribution in [0.2, 0.25) is 0 Å². The van der Waals surface area contributed by atoms with E-state index in [-0.39, 0.29) is 23.2 Å². The average Bonchev–Trinajstić information content (AvgIpc) is 3.33. The maximum Gasteiger partial charge on any atom is 0.278 e. The van der Waals surface area contributed by atoms with Crippen molar-refractivity contribution in [1.29, 1.82) is 0 Å². The van der Waals surface area contributed by atoms with Gasteiger partial charge in [0.25, 0.3) is 5.91 Å². The third-order valence-electron chi connectivity index (χ3n) is 6.09. The quantitative estimate of drug-likeness (QED) is 0.655. The Bertz CT molecular complexity index is 1050. The Morgan fingerprint density at radius 1 is 1.30 bits per heavy atom. The summed E-state index contributed by atoms with van der Waals surface area (Å²) < 4.78 is 20.3. The predicted molar refractivity (Wildman–Crippen MR) is 112 cm³/mol. The average molecular weight is 410 g/mol. The van der Waals surface area contributed by atoms with Crippen molar-refractivity contribution in [2.75, 3.05) is 5.32 Å².